The van der Waals surface area contributed by atoms with Crippen LogP contribution in [0.25, 0.3) is 0 Å². The molecule has 0 aromatic heterocycles. The van der Waals surface area contributed by atoms with Crippen molar-refractivity contribution in [3.8, 4) is 5.75 Å². The van der Waals surface area contributed by atoms with Crippen molar-refractivity contribution in [2.24, 2.45) is 0 Å². The fourth-order valence-electron chi connectivity index (χ4n) is 2.89. The Morgan fingerprint density at radius 1 is 1.32 bits per heavy atom. The van der Waals surface area contributed by atoms with E-state index in [1.54, 1.807) is 0 Å². The van der Waals surface area contributed by atoms with Gasteiger partial charge in [0.25, 0.3) is 5.91 Å². The van der Waals surface area contributed by atoms with Gasteiger partial charge in [-0.1, -0.05) is 19.1 Å². The molecule has 1 aliphatic heterocycles. The van der Waals surface area contributed by atoms with Crippen molar-refractivity contribution in [3.63, 3.8) is 0 Å². The second kappa shape index (κ2) is 8.18. The predicted molar refractivity (Wildman–Crippen MR) is 89.3 cm³/mol. The average molecular weight is 304 g/mol. The molecule has 0 bridgehead atoms. The predicted octanol–water partition coefficient (Wildman–Crippen LogP) is 2.67. The third kappa shape index (κ3) is 5.02. The van der Waals surface area contributed by atoms with Crippen LogP contribution in [-0.4, -0.2) is 43.1 Å². The molecule has 1 heterocycles. The van der Waals surface area contributed by atoms with Crippen LogP contribution in [0.4, 0.5) is 0 Å². The van der Waals surface area contributed by atoms with E-state index in [2.05, 4.69) is 17.1 Å². The highest BCUT2D eigenvalue weighted by atomic mass is 16.5. The van der Waals surface area contributed by atoms with Gasteiger partial charge in [-0.05, 0) is 56.8 Å². The number of aryl methyl sites for hydroxylation is 2. The Balaban J connectivity index is 1.73. The van der Waals surface area contributed by atoms with E-state index in [1.165, 1.54) is 6.42 Å². The van der Waals surface area contributed by atoms with Gasteiger partial charge < -0.3 is 15.0 Å². The van der Waals surface area contributed by atoms with Crippen LogP contribution >= 0.6 is 0 Å². The van der Waals surface area contributed by atoms with E-state index in [1.807, 2.05) is 32.0 Å². The monoisotopic (exact) mass is 304 g/mol. The van der Waals surface area contributed by atoms with Crippen LogP contribution in [0, 0.1) is 13.8 Å². The van der Waals surface area contributed by atoms with Crippen LogP contribution < -0.4 is 10.1 Å². The molecule has 0 atom stereocenters. The molecule has 122 valence electrons. The number of carbonyl (C=O) groups is 1. The van der Waals surface area contributed by atoms with Crippen LogP contribution in [0.3, 0.4) is 0 Å². The molecule has 1 aromatic carbocycles. The maximum absolute atomic E-state index is 12.0. The van der Waals surface area contributed by atoms with E-state index >= 15 is 0 Å². The molecule has 1 aromatic rings. The molecule has 1 fully saturated rings. The quantitative estimate of drug-likeness (QED) is 0.878. The first-order chi connectivity index (χ1) is 10.6. The summed E-state index contributed by atoms with van der Waals surface area (Å²) in [4.78, 5) is 14.5. The minimum Gasteiger partial charge on any atom is -0.483 e. The number of benzene rings is 1. The summed E-state index contributed by atoms with van der Waals surface area (Å²) < 4.78 is 5.66. The minimum absolute atomic E-state index is 0.0187. The van der Waals surface area contributed by atoms with Crippen molar-refractivity contribution in [1.29, 1.82) is 0 Å². The van der Waals surface area contributed by atoms with Crippen LogP contribution in [0.5, 0.6) is 5.75 Å². The van der Waals surface area contributed by atoms with Gasteiger partial charge in [-0.15, -0.1) is 0 Å². The Labute approximate surface area is 133 Å². The van der Waals surface area contributed by atoms with Gasteiger partial charge in [-0.2, -0.15) is 0 Å². The fourth-order valence-corrected chi connectivity index (χ4v) is 2.89. The molecule has 1 saturated heterocycles. The standard InChI is InChI=1S/C18H28N2O2/c1-4-9-20-10-7-16(8-11-20)19-18(21)13-22-17-12-14(2)5-6-15(17)3/h5-6,12,16H,4,7-11,13H2,1-3H3,(H,19,21). The molecule has 0 radical (unpaired) electrons. The van der Waals surface area contributed by atoms with Gasteiger partial charge in [-0.25, -0.2) is 0 Å². The normalized spacial score (nSPS) is 16.5. The molecule has 0 aliphatic carbocycles. The number of likely N-dealkylation sites (tertiary alicyclic amines) is 1. The summed E-state index contributed by atoms with van der Waals surface area (Å²) >= 11 is 0. The summed E-state index contributed by atoms with van der Waals surface area (Å²) in [6, 6.07) is 6.34. The Hall–Kier alpha value is -1.55. The zero-order valence-electron chi connectivity index (χ0n) is 14.0. The fraction of sp³-hybridized carbons (Fsp3) is 0.611. The van der Waals surface area contributed by atoms with Crippen molar-refractivity contribution in [2.75, 3.05) is 26.2 Å². The summed E-state index contributed by atoms with van der Waals surface area (Å²) in [5.74, 6) is 0.780. The van der Waals surface area contributed by atoms with Gasteiger partial charge in [0.05, 0.1) is 0 Å². The van der Waals surface area contributed by atoms with Crippen molar-refractivity contribution in [3.05, 3.63) is 29.3 Å². The Morgan fingerprint density at radius 2 is 2.05 bits per heavy atom. The lowest BCUT2D eigenvalue weighted by molar-refractivity contribution is -0.124. The van der Waals surface area contributed by atoms with Gasteiger partial charge >= 0.3 is 0 Å². The van der Waals surface area contributed by atoms with Gasteiger partial charge in [-0.3, -0.25) is 4.79 Å². The highest BCUT2D eigenvalue weighted by Gasteiger charge is 2.20. The van der Waals surface area contributed by atoms with E-state index in [4.69, 9.17) is 4.74 Å². The van der Waals surface area contributed by atoms with Gasteiger partial charge in [0.15, 0.2) is 6.61 Å². The number of piperidine rings is 1. The second-order valence-corrected chi connectivity index (χ2v) is 6.24. The Morgan fingerprint density at radius 3 is 2.73 bits per heavy atom. The summed E-state index contributed by atoms with van der Waals surface area (Å²) in [7, 11) is 0. The third-order valence-electron chi connectivity index (χ3n) is 4.19. The number of amides is 1. The first kappa shape index (κ1) is 16.8. The lowest BCUT2D eigenvalue weighted by Crippen LogP contribution is -2.46. The number of hydrogen-bond acceptors (Lipinski definition) is 3. The number of nitrogens with zero attached hydrogens (tertiary/aromatic N) is 1. The van der Waals surface area contributed by atoms with Crippen molar-refractivity contribution < 1.29 is 9.53 Å². The minimum atomic E-state index is -0.0187. The molecule has 0 unspecified atom stereocenters. The lowest BCUT2D eigenvalue weighted by Gasteiger charge is -2.32. The lowest BCUT2D eigenvalue weighted by atomic mass is 10.0. The Kier molecular flexibility index (Phi) is 6.25. The number of carbonyl (C=O) groups excluding carboxylic acids is 1. The molecule has 0 saturated carbocycles. The first-order valence-electron chi connectivity index (χ1n) is 8.30. The van der Waals surface area contributed by atoms with E-state index in [9.17, 15) is 4.79 Å². The number of nitrogens with one attached hydrogen (secondary N) is 1. The molecule has 1 amide bonds. The summed E-state index contributed by atoms with van der Waals surface area (Å²) in [6.07, 6.45) is 3.27. The molecule has 4 heteroatoms. The van der Waals surface area contributed by atoms with E-state index in [0.29, 0.717) is 6.04 Å². The zero-order chi connectivity index (χ0) is 15.9. The maximum Gasteiger partial charge on any atom is 0.258 e. The number of ether oxygens (including phenoxy) is 1. The van der Waals surface area contributed by atoms with Crippen LogP contribution in [0.2, 0.25) is 0 Å². The highest BCUT2D eigenvalue weighted by Crippen LogP contribution is 2.19. The van der Waals surface area contributed by atoms with E-state index < -0.39 is 0 Å². The third-order valence-corrected chi connectivity index (χ3v) is 4.19. The van der Waals surface area contributed by atoms with E-state index in [-0.39, 0.29) is 12.5 Å². The summed E-state index contributed by atoms with van der Waals surface area (Å²) in [5, 5.41) is 3.10. The van der Waals surface area contributed by atoms with Crippen LogP contribution in [-0.2, 0) is 4.79 Å². The van der Waals surface area contributed by atoms with E-state index in [0.717, 1.165) is 49.4 Å². The van der Waals surface area contributed by atoms with Crippen molar-refractivity contribution in [2.45, 2.75) is 46.1 Å². The highest BCUT2D eigenvalue weighted by molar-refractivity contribution is 5.77. The Bertz CT molecular complexity index is 494. The van der Waals surface area contributed by atoms with Gasteiger partial charge in [0.2, 0.25) is 0 Å². The van der Waals surface area contributed by atoms with Crippen molar-refractivity contribution >= 4 is 5.91 Å². The number of hydrogen-bond donors (Lipinski definition) is 1. The molecule has 1 N–H and O–H groups in total. The average Bonchev–Trinajstić information content (AvgIpc) is 2.50. The maximum atomic E-state index is 12.0. The van der Waals surface area contributed by atoms with Crippen molar-refractivity contribution in [1.82, 2.24) is 10.2 Å². The zero-order valence-corrected chi connectivity index (χ0v) is 14.0. The summed E-state index contributed by atoms with van der Waals surface area (Å²) in [5.41, 5.74) is 2.20. The largest absolute Gasteiger partial charge is 0.483 e. The molecule has 0 spiro atoms. The summed E-state index contributed by atoms with van der Waals surface area (Å²) in [6.45, 7) is 9.65. The second-order valence-electron chi connectivity index (χ2n) is 6.24. The molecule has 1 aliphatic rings. The van der Waals surface area contributed by atoms with Gasteiger partial charge in [0.1, 0.15) is 5.75 Å². The molecular weight excluding hydrogens is 276 g/mol. The number of rotatable bonds is 6. The molecule has 22 heavy (non-hydrogen) atoms. The molecular formula is C18H28N2O2. The molecule has 2 rings (SSSR count). The SMILES string of the molecule is CCCN1CCC(NC(=O)COc2cc(C)ccc2C)CC1. The first-order valence-corrected chi connectivity index (χ1v) is 8.30. The van der Waals surface area contributed by atoms with Gasteiger partial charge in [0, 0.05) is 19.1 Å². The van der Waals surface area contributed by atoms with Crippen LogP contribution in [0.15, 0.2) is 18.2 Å². The smallest absolute Gasteiger partial charge is 0.258 e. The molecule has 4 nitrogen and oxygen atoms in total. The van der Waals surface area contributed by atoms with Crippen LogP contribution in [0.1, 0.15) is 37.3 Å². The topological polar surface area (TPSA) is 41.6 Å².